The number of nitrogens with two attached hydrogens (primary N) is 1. The fraction of sp³-hybridized carbons (Fsp3) is 0.324. The van der Waals surface area contributed by atoms with Gasteiger partial charge in [-0.2, -0.15) is 45.8 Å². The quantitative estimate of drug-likeness (QED) is 0.0405. The van der Waals surface area contributed by atoms with Gasteiger partial charge in [-0.1, -0.05) is 23.7 Å². The highest BCUT2D eigenvalue weighted by Gasteiger charge is 2.39. The zero-order chi connectivity index (χ0) is 50.6. The molecule has 0 radical (unpaired) electrons. The minimum Gasteiger partial charge on any atom is -0.480 e. The van der Waals surface area contributed by atoms with Gasteiger partial charge in [0.2, 0.25) is 17.7 Å². The predicted octanol–water partition coefficient (Wildman–Crippen LogP) is 6.80. The molecule has 66 heavy (non-hydrogen) atoms. The van der Waals surface area contributed by atoms with Gasteiger partial charge in [0.05, 0.1) is 32.8 Å². The summed E-state index contributed by atoms with van der Waals surface area (Å²) >= 11 is 8.67. The second kappa shape index (κ2) is 23.7. The number of anilines is 1. The number of aromatic carboxylic acids is 1. The van der Waals surface area contributed by atoms with Crippen LogP contribution in [0.2, 0.25) is 5.02 Å². The molecule has 0 bridgehead atoms. The number of carboxylic acids is 2. The van der Waals surface area contributed by atoms with Gasteiger partial charge in [0, 0.05) is 25.4 Å². The van der Waals surface area contributed by atoms with Crippen molar-refractivity contribution in [1.29, 1.82) is 0 Å². The van der Waals surface area contributed by atoms with Crippen molar-refractivity contribution in [3.05, 3.63) is 74.6 Å². The van der Waals surface area contributed by atoms with Crippen molar-refractivity contribution in [3.63, 3.8) is 0 Å². The number of amides is 2. The summed E-state index contributed by atoms with van der Waals surface area (Å²) < 4.78 is 152. The SMILES string of the molecule is CC(C)OC(=O)c1cc(-c2nn(C)c(C(F)(F)F)c2Br)c(F)cc1Cl.CP(=O)(O)CCC(N)C(=O)O.O=C(Nc1nc(OC(F)F)cc(OC(F)F)n1)NS(=O)(=O)c1ccccc1C(=O)O. The van der Waals surface area contributed by atoms with Gasteiger partial charge >= 0.3 is 43.3 Å². The molecule has 4 rings (SSSR count). The van der Waals surface area contributed by atoms with E-state index in [2.05, 4.69) is 40.5 Å². The molecule has 2 unspecified atom stereocenters. The molecular weight excluding hydrogens is 1040 g/mol. The number of carboxylic acid groups (broad SMARTS) is 2. The molecule has 0 spiro atoms. The number of esters is 1. The molecule has 0 aliphatic carbocycles. The third-order valence-corrected chi connectivity index (χ3v) is 10.8. The van der Waals surface area contributed by atoms with E-state index in [1.165, 1.54) is 23.5 Å². The summed E-state index contributed by atoms with van der Waals surface area (Å²) in [4.78, 5) is 59.8. The lowest BCUT2D eigenvalue weighted by Crippen LogP contribution is -2.35. The van der Waals surface area contributed by atoms with Crippen molar-refractivity contribution in [1.82, 2.24) is 24.5 Å². The number of ether oxygens (including phenoxy) is 3. The molecule has 0 saturated heterocycles. The fourth-order valence-electron chi connectivity index (χ4n) is 4.59. The van der Waals surface area contributed by atoms with Crippen molar-refractivity contribution in [2.75, 3.05) is 18.1 Å². The van der Waals surface area contributed by atoms with E-state index in [0.29, 0.717) is 10.7 Å². The molecule has 7 N–H and O–H groups in total. The summed E-state index contributed by atoms with van der Waals surface area (Å²) in [6, 6.07) is 4.05. The summed E-state index contributed by atoms with van der Waals surface area (Å²) in [6.45, 7) is -2.41. The Morgan fingerprint density at radius 3 is 1.98 bits per heavy atom. The van der Waals surface area contributed by atoms with Crippen LogP contribution < -0.4 is 25.2 Å². The molecule has 2 aromatic heterocycles. The maximum absolute atomic E-state index is 14.3. The van der Waals surface area contributed by atoms with Gasteiger partial charge in [0.15, 0.2) is 13.1 Å². The van der Waals surface area contributed by atoms with Crippen LogP contribution in [0, 0.1) is 5.82 Å². The molecule has 0 aliphatic heterocycles. The van der Waals surface area contributed by atoms with Crippen LogP contribution in [0.15, 0.2) is 51.8 Å². The van der Waals surface area contributed by atoms with E-state index in [4.69, 9.17) is 37.2 Å². The molecule has 0 aliphatic rings. The van der Waals surface area contributed by atoms with Gasteiger partial charge in [0.1, 0.15) is 22.4 Å². The summed E-state index contributed by atoms with van der Waals surface area (Å²) in [6.07, 6.45) is -5.14. The fourth-order valence-corrected chi connectivity index (χ4v) is 7.46. The minimum atomic E-state index is -4.71. The number of carbonyl (C=O) groups is 4. The van der Waals surface area contributed by atoms with E-state index in [9.17, 15) is 67.3 Å². The molecule has 2 heterocycles. The summed E-state index contributed by atoms with van der Waals surface area (Å²) in [7, 11) is -6.73. The molecule has 0 saturated carbocycles. The lowest BCUT2D eigenvalue weighted by atomic mass is 10.1. The number of benzene rings is 2. The van der Waals surface area contributed by atoms with Gasteiger partial charge in [0.25, 0.3) is 10.0 Å². The van der Waals surface area contributed by atoms with E-state index in [-0.39, 0.29) is 34.4 Å². The van der Waals surface area contributed by atoms with E-state index in [1.54, 1.807) is 19.2 Å². The molecule has 2 aromatic carbocycles. The molecule has 364 valence electrons. The first-order valence-corrected chi connectivity index (χ1v) is 22.4. The Morgan fingerprint density at radius 1 is 0.985 bits per heavy atom. The average Bonchev–Trinajstić information content (AvgIpc) is 3.46. The van der Waals surface area contributed by atoms with Crippen LogP contribution in [0.3, 0.4) is 0 Å². The Bertz CT molecular complexity index is 2540. The number of sulfonamides is 1. The first kappa shape index (κ1) is 56.4. The second-order valence-electron chi connectivity index (χ2n) is 12.9. The Labute approximate surface area is 380 Å². The number of aliphatic carboxylic acids is 1. The molecule has 2 amide bonds. The number of nitrogens with zero attached hydrogens (tertiary/aromatic N) is 4. The Kier molecular flexibility index (Phi) is 20.2. The monoisotopic (exact) mass is 1080 g/mol. The van der Waals surface area contributed by atoms with Crippen molar-refractivity contribution in [2.45, 2.75) is 56.7 Å². The standard InChI is InChI=1S/C15H12BrClF4N2O2.C14H10F4N4O7S.C5H12NO4P/c1-6(2)25-14(24)7-4-8(10(18)5-9(7)17)12-11(16)13(15(19,20)21)23(3)22-12;15-11(16)28-8-5-9(29-12(17)18)20-13(19-8)21-14(25)22-30(26,27)7-4-2-1-3-6(7)10(23)24;1-11(9,10)3-2-4(6)5(7)8/h4-6H,1-3H3;1-5,11-12H,(H,23,24)(H2,19,20,21,22,25);4H,2-3,6H2,1H3,(H,7,8)(H,9,10). The van der Waals surface area contributed by atoms with Crippen molar-refractivity contribution < 1.29 is 96.6 Å². The van der Waals surface area contributed by atoms with Gasteiger partial charge in [-0.3, -0.25) is 19.4 Å². The van der Waals surface area contributed by atoms with Crippen LogP contribution >= 0.6 is 34.9 Å². The van der Waals surface area contributed by atoms with Crippen molar-refractivity contribution in [2.24, 2.45) is 12.8 Å². The van der Waals surface area contributed by atoms with Crippen LogP contribution in [-0.2, 0) is 37.3 Å². The third-order valence-electron chi connectivity index (χ3n) is 7.26. The Hall–Kier alpha value is -5.68. The molecule has 2 atom stereocenters. The van der Waals surface area contributed by atoms with Gasteiger partial charge in [-0.25, -0.2) is 31.9 Å². The number of aryl methyl sites for hydroxylation is 1. The number of nitrogens with one attached hydrogen (secondary N) is 2. The first-order valence-electron chi connectivity index (χ1n) is 17.5. The van der Waals surface area contributed by atoms with Gasteiger partial charge < -0.3 is 35.1 Å². The normalized spacial score (nSPS) is 12.8. The van der Waals surface area contributed by atoms with Crippen LogP contribution in [0.5, 0.6) is 11.8 Å². The Balaban J connectivity index is 0.000000375. The smallest absolute Gasteiger partial charge is 0.434 e. The lowest BCUT2D eigenvalue weighted by molar-refractivity contribution is -0.144. The first-order chi connectivity index (χ1) is 30.2. The van der Waals surface area contributed by atoms with Crippen LogP contribution in [0.1, 0.15) is 46.7 Å². The summed E-state index contributed by atoms with van der Waals surface area (Å²) in [5.74, 6) is -7.33. The zero-order valence-electron chi connectivity index (χ0n) is 33.7. The largest absolute Gasteiger partial charge is 0.480 e. The number of aromatic nitrogens is 4. The predicted molar refractivity (Wildman–Crippen MR) is 216 cm³/mol. The number of hydrogen-bond acceptors (Lipinski definition) is 14. The lowest BCUT2D eigenvalue weighted by Gasteiger charge is -2.11. The maximum Gasteiger partial charge on any atom is 0.434 e. The van der Waals surface area contributed by atoms with Crippen molar-refractivity contribution in [3.8, 4) is 23.0 Å². The van der Waals surface area contributed by atoms with E-state index in [1.807, 2.05) is 0 Å². The number of hydrogen-bond donors (Lipinski definition) is 6. The minimum absolute atomic E-state index is 0.0412. The van der Waals surface area contributed by atoms with Crippen LogP contribution in [-0.4, -0.2) is 105 Å². The average molecular weight is 1080 g/mol. The topological polar surface area (TPSA) is 302 Å². The zero-order valence-corrected chi connectivity index (χ0v) is 37.7. The molecule has 32 heteroatoms. The number of carbonyl (C=O) groups excluding carboxylic acids is 2. The maximum atomic E-state index is 14.3. The number of alkyl halides is 7. The number of halogens is 10. The van der Waals surface area contributed by atoms with Crippen LogP contribution in [0.4, 0.5) is 45.9 Å². The van der Waals surface area contributed by atoms with E-state index in [0.717, 1.165) is 31.3 Å². The highest BCUT2D eigenvalue weighted by molar-refractivity contribution is 9.10. The highest BCUT2D eigenvalue weighted by Crippen LogP contribution is 2.41. The number of rotatable bonds is 15. The summed E-state index contributed by atoms with van der Waals surface area (Å²) in [5.41, 5.74) is 2.59. The molecular formula is C34H34BrClF8N7O13PS. The third kappa shape index (κ3) is 17.6. The molecule has 0 fully saturated rings. The van der Waals surface area contributed by atoms with E-state index >= 15 is 0 Å². The Morgan fingerprint density at radius 2 is 1.53 bits per heavy atom. The van der Waals surface area contributed by atoms with Gasteiger partial charge in [-0.15, -0.1) is 0 Å². The second-order valence-corrected chi connectivity index (χ2v) is 18.3. The highest BCUT2D eigenvalue weighted by atomic mass is 79.9. The molecule has 20 nitrogen and oxygen atoms in total. The number of urea groups is 1. The van der Waals surface area contributed by atoms with Gasteiger partial charge in [-0.05, 0) is 60.5 Å². The molecule has 4 aromatic rings. The van der Waals surface area contributed by atoms with E-state index < -0.39 is 117 Å². The van der Waals surface area contributed by atoms with Crippen molar-refractivity contribution >= 4 is 74.8 Å². The summed E-state index contributed by atoms with van der Waals surface area (Å²) in [5, 5.41) is 22.5. The van der Waals surface area contributed by atoms with Crippen LogP contribution in [0.25, 0.3) is 11.3 Å².